The molecular formula is C44H50N10+2. The summed E-state index contributed by atoms with van der Waals surface area (Å²) in [6.45, 7) is 1.78. The fourth-order valence-electron chi connectivity index (χ4n) is 5.87. The maximum absolute atomic E-state index is 4.58. The van der Waals surface area contributed by atoms with Crippen LogP contribution < -0.4 is 29.6 Å². The van der Waals surface area contributed by atoms with Crippen molar-refractivity contribution in [2.45, 2.75) is 38.8 Å². The van der Waals surface area contributed by atoms with Gasteiger partial charge in [-0.2, -0.15) is 0 Å². The van der Waals surface area contributed by atoms with E-state index < -0.39 is 0 Å². The van der Waals surface area contributed by atoms with E-state index in [2.05, 4.69) is 111 Å². The highest BCUT2D eigenvalue weighted by Crippen LogP contribution is 2.25. The third kappa shape index (κ3) is 11.0. The largest absolute Gasteiger partial charge is 0.378 e. The van der Waals surface area contributed by atoms with Gasteiger partial charge in [0.05, 0.1) is 35.7 Å². The predicted octanol–water partition coefficient (Wildman–Crippen LogP) is 11.0. The van der Waals surface area contributed by atoms with Crippen LogP contribution in [0.25, 0.3) is 0 Å². The van der Waals surface area contributed by atoms with Crippen LogP contribution in [0.15, 0.2) is 166 Å². The maximum atomic E-state index is 4.58. The molecule has 2 heterocycles. The lowest BCUT2D eigenvalue weighted by molar-refractivity contribution is -0.686. The van der Waals surface area contributed by atoms with Gasteiger partial charge in [0.15, 0.2) is 0 Å². The molecule has 0 unspecified atom stereocenters. The van der Waals surface area contributed by atoms with Crippen molar-refractivity contribution in [1.29, 1.82) is 0 Å². The average Bonchev–Trinajstić information content (AvgIpc) is 3.20. The van der Waals surface area contributed by atoms with Crippen molar-refractivity contribution in [3.63, 3.8) is 0 Å². The molecule has 10 nitrogen and oxygen atoms in total. The molecule has 0 aliphatic rings. The van der Waals surface area contributed by atoms with Crippen LogP contribution in [0.5, 0.6) is 0 Å². The minimum atomic E-state index is 0.809. The van der Waals surface area contributed by atoms with Crippen LogP contribution >= 0.6 is 0 Å². The second-order valence-electron chi connectivity index (χ2n) is 13.5. The molecule has 0 saturated heterocycles. The van der Waals surface area contributed by atoms with Crippen LogP contribution in [0.2, 0.25) is 0 Å². The number of hydrogen-bond acceptors (Lipinski definition) is 8. The van der Waals surface area contributed by atoms with Crippen LogP contribution in [0.1, 0.15) is 25.7 Å². The first-order chi connectivity index (χ1) is 26.4. The Kier molecular flexibility index (Phi) is 13.1. The van der Waals surface area contributed by atoms with Gasteiger partial charge >= 0.3 is 11.6 Å². The molecule has 274 valence electrons. The minimum absolute atomic E-state index is 0.809. The number of rotatable bonds is 17. The molecule has 0 bridgehead atoms. The fraction of sp³-hybridized carbons (Fsp3) is 0.227. The Morgan fingerprint density at radius 2 is 0.759 bits per heavy atom. The zero-order valence-corrected chi connectivity index (χ0v) is 31.7. The third-order valence-corrected chi connectivity index (χ3v) is 9.00. The Hall–Kier alpha value is -6.42. The Balaban J connectivity index is 0.936. The Labute approximate surface area is 319 Å². The number of azo groups is 2. The number of benzene rings is 4. The first kappa shape index (κ1) is 37.3. The summed E-state index contributed by atoms with van der Waals surface area (Å²) < 4.78 is 4.35. The molecule has 0 radical (unpaired) electrons. The molecule has 54 heavy (non-hydrogen) atoms. The van der Waals surface area contributed by atoms with Crippen LogP contribution in [-0.4, -0.2) is 28.2 Å². The average molecular weight is 719 g/mol. The number of nitrogens with zero attached hydrogens (tertiary/aromatic N) is 8. The Bertz CT molecular complexity index is 1950. The van der Waals surface area contributed by atoms with E-state index in [1.165, 1.54) is 11.4 Å². The second-order valence-corrected chi connectivity index (χ2v) is 13.5. The summed E-state index contributed by atoms with van der Waals surface area (Å²) in [5, 5.41) is 25.1. The quantitative estimate of drug-likeness (QED) is 0.0558. The second kappa shape index (κ2) is 18.9. The monoisotopic (exact) mass is 718 g/mol. The number of anilines is 6. The van der Waals surface area contributed by atoms with Crippen molar-refractivity contribution in [2.24, 2.45) is 20.5 Å². The Morgan fingerprint density at radius 3 is 1.11 bits per heavy atom. The molecule has 0 saturated carbocycles. The van der Waals surface area contributed by atoms with Crippen molar-refractivity contribution in [1.82, 2.24) is 0 Å². The van der Waals surface area contributed by atoms with Crippen LogP contribution in [0.4, 0.5) is 57.1 Å². The smallest absolute Gasteiger partial charge is 0.350 e. The normalized spacial score (nSPS) is 11.3. The zero-order valence-electron chi connectivity index (χ0n) is 31.7. The molecule has 2 aromatic heterocycles. The summed E-state index contributed by atoms with van der Waals surface area (Å²) in [5.41, 5.74) is 8.05. The van der Waals surface area contributed by atoms with Gasteiger partial charge in [-0.1, -0.05) is 12.1 Å². The summed E-state index contributed by atoms with van der Waals surface area (Å²) in [7, 11) is 8.16. The third-order valence-electron chi connectivity index (χ3n) is 9.00. The molecule has 6 rings (SSSR count). The van der Waals surface area contributed by atoms with Gasteiger partial charge in [0.25, 0.3) is 0 Å². The lowest BCUT2D eigenvalue weighted by Gasteiger charge is -2.13. The maximum Gasteiger partial charge on any atom is 0.350 e. The van der Waals surface area contributed by atoms with Gasteiger partial charge in [0.2, 0.25) is 0 Å². The van der Waals surface area contributed by atoms with Gasteiger partial charge < -0.3 is 20.4 Å². The summed E-state index contributed by atoms with van der Waals surface area (Å²) in [6, 6.07) is 44.9. The molecule has 0 fully saturated rings. The predicted molar refractivity (Wildman–Crippen MR) is 221 cm³/mol. The number of aromatic nitrogens is 2. The number of nitrogens with one attached hydrogen (secondary N) is 2. The van der Waals surface area contributed by atoms with Crippen molar-refractivity contribution in [3.8, 4) is 0 Å². The summed E-state index contributed by atoms with van der Waals surface area (Å²) in [6.07, 6.45) is 8.52. The lowest BCUT2D eigenvalue weighted by Crippen LogP contribution is -2.34. The molecule has 0 amide bonds. The van der Waals surface area contributed by atoms with Crippen LogP contribution in [0.3, 0.4) is 0 Å². The number of hydrogen-bond donors (Lipinski definition) is 2. The summed E-state index contributed by atoms with van der Waals surface area (Å²) >= 11 is 0. The SMILES string of the molecule is CN(C)c1ccc(Nc2ccc(N=Nc3cccc[n+]3CCCCCC[n+]3ccccc3N=Nc3ccc(Nc4ccc(N(C)C)cc4)cc3)cc2)cc1. The first-order valence-electron chi connectivity index (χ1n) is 18.5. The van der Waals surface area contributed by atoms with Crippen LogP contribution in [0, 0.1) is 0 Å². The molecule has 4 aromatic carbocycles. The van der Waals surface area contributed by atoms with Gasteiger partial charge in [-0.3, -0.25) is 0 Å². The zero-order chi connectivity index (χ0) is 37.5. The molecule has 6 aromatic rings. The van der Waals surface area contributed by atoms with E-state index in [4.69, 9.17) is 0 Å². The van der Waals surface area contributed by atoms with Gasteiger partial charge in [-0.05, 0) is 145 Å². The highest BCUT2D eigenvalue weighted by molar-refractivity contribution is 5.65. The number of aryl methyl sites for hydroxylation is 2. The summed E-state index contributed by atoms with van der Waals surface area (Å²) in [4.78, 5) is 4.18. The first-order valence-corrected chi connectivity index (χ1v) is 18.5. The van der Waals surface area contributed by atoms with Crippen LogP contribution in [-0.2, 0) is 13.1 Å². The van der Waals surface area contributed by atoms with E-state index in [-0.39, 0.29) is 0 Å². The van der Waals surface area contributed by atoms with Crippen molar-refractivity contribution >= 4 is 57.1 Å². The summed E-state index contributed by atoms with van der Waals surface area (Å²) in [5.74, 6) is 1.69. The van der Waals surface area contributed by atoms with Crippen molar-refractivity contribution in [3.05, 3.63) is 146 Å². The molecule has 0 aliphatic carbocycles. The van der Waals surface area contributed by atoms with E-state index >= 15 is 0 Å². The van der Waals surface area contributed by atoms with Gasteiger partial charge in [0.1, 0.15) is 11.4 Å². The topological polar surface area (TPSA) is 87.7 Å². The van der Waals surface area contributed by atoms with Crippen molar-refractivity contribution in [2.75, 3.05) is 48.6 Å². The van der Waals surface area contributed by atoms with Gasteiger partial charge in [-0.25, -0.2) is 9.13 Å². The fourth-order valence-corrected chi connectivity index (χ4v) is 5.87. The van der Waals surface area contributed by atoms with E-state index in [1.807, 2.05) is 113 Å². The highest BCUT2D eigenvalue weighted by atomic mass is 15.2. The Morgan fingerprint density at radius 1 is 0.407 bits per heavy atom. The van der Waals surface area contributed by atoms with Gasteiger partial charge in [-0.15, -0.1) is 0 Å². The van der Waals surface area contributed by atoms with E-state index in [1.54, 1.807) is 0 Å². The van der Waals surface area contributed by atoms with Crippen molar-refractivity contribution < 1.29 is 9.13 Å². The highest BCUT2D eigenvalue weighted by Gasteiger charge is 2.11. The number of unbranched alkanes of at least 4 members (excludes halogenated alkanes) is 3. The van der Waals surface area contributed by atoms with E-state index in [0.717, 1.165) is 84.5 Å². The molecule has 0 atom stereocenters. The number of pyridine rings is 2. The molecular weight excluding hydrogens is 669 g/mol. The molecule has 0 aliphatic heterocycles. The molecule has 2 N–H and O–H groups in total. The van der Waals surface area contributed by atoms with E-state index in [9.17, 15) is 0 Å². The molecule has 0 spiro atoms. The lowest BCUT2D eigenvalue weighted by atomic mass is 10.2. The van der Waals surface area contributed by atoms with Gasteiger partial charge in [0, 0.05) is 74.4 Å². The van der Waals surface area contributed by atoms with E-state index in [0.29, 0.717) is 0 Å². The molecule has 10 heteroatoms. The minimum Gasteiger partial charge on any atom is -0.378 e. The standard InChI is InChI=1S/C44H48N10/c1-51(2)41-27-23-37(24-28-41)45-35-15-19-39(20-16-35)47-49-43-13-7-11-33-53(43)31-9-5-6-10-32-54-34-12-8-14-44(54)50-48-40-21-17-36(18-22-40)46-38-25-29-42(30-26-38)52(3)4/h7-8,11-30,33-34H,5-6,9-10,31-32H2,1-4H3/p+2.